The van der Waals surface area contributed by atoms with E-state index in [0.717, 1.165) is 5.69 Å². The van der Waals surface area contributed by atoms with Crippen molar-refractivity contribution >= 4 is 34.9 Å². The van der Waals surface area contributed by atoms with Gasteiger partial charge in [-0.15, -0.1) is 0 Å². The SMILES string of the molecule is O=C(NC[C@@H]1CC(=O)N(c2ccc3c(c2)OCO3)C1)Nc1cccc(Cl)c1. The summed E-state index contributed by atoms with van der Waals surface area (Å²) in [5.74, 6) is 1.38. The molecule has 140 valence electrons. The van der Waals surface area contributed by atoms with E-state index in [2.05, 4.69) is 10.6 Å². The number of nitrogens with one attached hydrogen (secondary N) is 2. The molecule has 0 aromatic heterocycles. The summed E-state index contributed by atoms with van der Waals surface area (Å²) in [6.07, 6.45) is 0.381. The highest BCUT2D eigenvalue weighted by Gasteiger charge is 2.31. The Hall–Kier alpha value is -2.93. The maximum Gasteiger partial charge on any atom is 0.319 e. The second-order valence-corrected chi connectivity index (χ2v) is 6.89. The topological polar surface area (TPSA) is 79.9 Å². The van der Waals surface area contributed by atoms with Gasteiger partial charge in [-0.2, -0.15) is 0 Å². The Morgan fingerprint density at radius 3 is 2.89 bits per heavy atom. The minimum Gasteiger partial charge on any atom is -0.454 e. The lowest BCUT2D eigenvalue weighted by Crippen LogP contribution is -2.34. The Morgan fingerprint density at radius 2 is 2.04 bits per heavy atom. The zero-order chi connectivity index (χ0) is 18.8. The van der Waals surface area contributed by atoms with Crippen LogP contribution in [0, 0.1) is 5.92 Å². The van der Waals surface area contributed by atoms with Crippen LogP contribution in [0.4, 0.5) is 16.2 Å². The first-order chi connectivity index (χ1) is 13.1. The van der Waals surface area contributed by atoms with Crippen LogP contribution in [0.3, 0.4) is 0 Å². The number of nitrogens with zero attached hydrogens (tertiary/aromatic N) is 1. The smallest absolute Gasteiger partial charge is 0.319 e. The molecule has 0 saturated carbocycles. The van der Waals surface area contributed by atoms with Gasteiger partial charge in [0.05, 0.1) is 0 Å². The van der Waals surface area contributed by atoms with Gasteiger partial charge in [-0.3, -0.25) is 4.79 Å². The molecule has 0 bridgehead atoms. The fourth-order valence-corrected chi connectivity index (χ4v) is 3.39. The lowest BCUT2D eigenvalue weighted by Gasteiger charge is -2.17. The van der Waals surface area contributed by atoms with E-state index in [1.54, 1.807) is 35.2 Å². The number of amides is 3. The van der Waals surface area contributed by atoms with Gasteiger partial charge < -0.3 is 25.0 Å². The summed E-state index contributed by atoms with van der Waals surface area (Å²) in [7, 11) is 0. The molecule has 3 amide bonds. The van der Waals surface area contributed by atoms with Crippen molar-refractivity contribution in [1.29, 1.82) is 0 Å². The summed E-state index contributed by atoms with van der Waals surface area (Å²) in [5.41, 5.74) is 1.39. The molecule has 7 nitrogen and oxygen atoms in total. The molecule has 1 atom stereocenters. The molecule has 2 aromatic carbocycles. The average Bonchev–Trinajstić information content (AvgIpc) is 3.25. The number of rotatable bonds is 4. The van der Waals surface area contributed by atoms with Gasteiger partial charge in [-0.25, -0.2) is 4.79 Å². The average molecular weight is 388 g/mol. The third kappa shape index (κ3) is 3.93. The number of halogens is 1. The first-order valence-corrected chi connectivity index (χ1v) is 8.97. The van der Waals surface area contributed by atoms with Crippen molar-refractivity contribution in [2.24, 2.45) is 5.92 Å². The van der Waals surface area contributed by atoms with E-state index in [-0.39, 0.29) is 24.6 Å². The predicted octanol–water partition coefficient (Wildman–Crippen LogP) is 3.24. The Balaban J connectivity index is 1.32. The summed E-state index contributed by atoms with van der Waals surface area (Å²) in [4.78, 5) is 26.1. The largest absolute Gasteiger partial charge is 0.454 e. The van der Waals surface area contributed by atoms with Crippen LogP contribution in [0.5, 0.6) is 11.5 Å². The Bertz CT molecular complexity index is 889. The number of benzene rings is 2. The van der Waals surface area contributed by atoms with Crippen LogP contribution in [0.1, 0.15) is 6.42 Å². The Morgan fingerprint density at radius 1 is 1.19 bits per heavy atom. The first-order valence-electron chi connectivity index (χ1n) is 8.59. The van der Waals surface area contributed by atoms with E-state index in [1.807, 2.05) is 12.1 Å². The number of urea groups is 1. The lowest BCUT2D eigenvalue weighted by molar-refractivity contribution is -0.117. The van der Waals surface area contributed by atoms with Crippen molar-refractivity contribution in [3.05, 3.63) is 47.5 Å². The summed E-state index contributed by atoms with van der Waals surface area (Å²) in [5, 5.41) is 6.09. The van der Waals surface area contributed by atoms with Gasteiger partial charge in [0.25, 0.3) is 0 Å². The summed E-state index contributed by atoms with van der Waals surface area (Å²) in [6, 6.07) is 12.0. The normalized spacial score (nSPS) is 17.9. The number of anilines is 2. The number of hydrogen-bond acceptors (Lipinski definition) is 4. The van der Waals surface area contributed by atoms with E-state index in [1.165, 1.54) is 0 Å². The quantitative estimate of drug-likeness (QED) is 0.844. The molecule has 2 aromatic rings. The number of ether oxygens (including phenoxy) is 2. The zero-order valence-electron chi connectivity index (χ0n) is 14.4. The van der Waals surface area contributed by atoms with E-state index in [4.69, 9.17) is 21.1 Å². The van der Waals surface area contributed by atoms with E-state index < -0.39 is 0 Å². The molecule has 1 saturated heterocycles. The van der Waals surface area contributed by atoms with Crippen LogP contribution >= 0.6 is 11.6 Å². The molecule has 0 spiro atoms. The number of fused-ring (bicyclic) bond motifs is 1. The van der Waals surface area contributed by atoms with Crippen LogP contribution in [-0.4, -0.2) is 31.8 Å². The van der Waals surface area contributed by atoms with E-state index >= 15 is 0 Å². The highest BCUT2D eigenvalue weighted by Crippen LogP contribution is 2.37. The number of hydrogen-bond donors (Lipinski definition) is 2. The van der Waals surface area contributed by atoms with Crippen molar-refractivity contribution in [2.75, 3.05) is 30.1 Å². The molecule has 8 heteroatoms. The maximum absolute atomic E-state index is 12.4. The highest BCUT2D eigenvalue weighted by molar-refractivity contribution is 6.30. The highest BCUT2D eigenvalue weighted by atomic mass is 35.5. The Labute approximate surface area is 161 Å². The maximum atomic E-state index is 12.4. The van der Waals surface area contributed by atoms with Gasteiger partial charge in [-0.05, 0) is 30.3 Å². The number of carbonyl (C=O) groups is 2. The third-order valence-corrected chi connectivity index (χ3v) is 4.74. The molecule has 1 fully saturated rings. The molecule has 0 unspecified atom stereocenters. The fraction of sp³-hybridized carbons (Fsp3) is 0.263. The van der Waals surface area contributed by atoms with Gasteiger partial charge >= 0.3 is 6.03 Å². The van der Waals surface area contributed by atoms with Gasteiger partial charge in [0.2, 0.25) is 12.7 Å². The van der Waals surface area contributed by atoms with E-state index in [0.29, 0.717) is 41.7 Å². The van der Waals surface area contributed by atoms with Crippen LogP contribution in [0.15, 0.2) is 42.5 Å². The molecule has 2 aliphatic rings. The molecule has 2 heterocycles. The summed E-state index contributed by atoms with van der Waals surface area (Å²) >= 11 is 5.90. The third-order valence-electron chi connectivity index (χ3n) is 4.51. The van der Waals surface area contributed by atoms with E-state index in [9.17, 15) is 9.59 Å². The van der Waals surface area contributed by atoms with Crippen LogP contribution in [-0.2, 0) is 4.79 Å². The van der Waals surface area contributed by atoms with Crippen molar-refractivity contribution in [2.45, 2.75) is 6.42 Å². The van der Waals surface area contributed by atoms with Gasteiger partial charge in [0, 0.05) is 47.9 Å². The van der Waals surface area contributed by atoms with Crippen molar-refractivity contribution in [3.8, 4) is 11.5 Å². The minimum atomic E-state index is -0.328. The molecule has 4 rings (SSSR count). The zero-order valence-corrected chi connectivity index (χ0v) is 15.2. The molecule has 27 heavy (non-hydrogen) atoms. The molecule has 0 aliphatic carbocycles. The summed E-state index contributed by atoms with van der Waals surface area (Å²) < 4.78 is 10.7. The van der Waals surface area contributed by atoms with Crippen molar-refractivity contribution in [1.82, 2.24) is 5.32 Å². The summed E-state index contributed by atoms with van der Waals surface area (Å²) in [6.45, 7) is 1.14. The monoisotopic (exact) mass is 387 g/mol. The van der Waals surface area contributed by atoms with Crippen LogP contribution in [0.25, 0.3) is 0 Å². The fourth-order valence-electron chi connectivity index (χ4n) is 3.20. The minimum absolute atomic E-state index is 0.0240. The van der Waals surface area contributed by atoms with Gasteiger partial charge in [0.15, 0.2) is 11.5 Å². The van der Waals surface area contributed by atoms with Crippen LogP contribution in [0.2, 0.25) is 5.02 Å². The molecule has 2 N–H and O–H groups in total. The first kappa shape index (κ1) is 17.5. The number of carbonyl (C=O) groups excluding carboxylic acids is 2. The second-order valence-electron chi connectivity index (χ2n) is 6.46. The molecular formula is C19H18ClN3O4. The van der Waals surface area contributed by atoms with Gasteiger partial charge in [-0.1, -0.05) is 17.7 Å². The second kappa shape index (κ2) is 7.36. The molecule has 2 aliphatic heterocycles. The lowest BCUT2D eigenvalue weighted by atomic mass is 10.1. The van der Waals surface area contributed by atoms with Gasteiger partial charge in [0.1, 0.15) is 0 Å². The Kier molecular flexibility index (Phi) is 4.77. The van der Waals surface area contributed by atoms with Crippen molar-refractivity contribution < 1.29 is 19.1 Å². The molecule has 0 radical (unpaired) electrons. The molecular weight excluding hydrogens is 370 g/mol. The van der Waals surface area contributed by atoms with Crippen molar-refractivity contribution in [3.63, 3.8) is 0 Å². The standard InChI is InChI=1S/C19H18ClN3O4/c20-13-2-1-3-14(7-13)22-19(25)21-9-12-6-18(24)23(10-12)15-4-5-16-17(8-15)27-11-26-16/h1-5,7-8,12H,6,9-11H2,(H2,21,22,25)/t12-/m0/s1. The predicted molar refractivity (Wildman–Crippen MR) is 101 cm³/mol. The van der Waals surface area contributed by atoms with Crippen LogP contribution < -0.4 is 25.0 Å².